The van der Waals surface area contributed by atoms with E-state index in [-0.39, 0.29) is 24.2 Å². The van der Waals surface area contributed by atoms with E-state index in [1.807, 2.05) is 23.2 Å². The SMILES string of the molecule is CC[C@@H](C)[C@H]1COC2c3cccn3[C@@H](CCc3ccccc3)C(=O)N21. The number of rotatable bonds is 5. The van der Waals surface area contributed by atoms with Gasteiger partial charge in [0.25, 0.3) is 0 Å². The molecule has 0 aliphatic carbocycles. The smallest absolute Gasteiger partial charge is 0.248 e. The van der Waals surface area contributed by atoms with Gasteiger partial charge in [0.15, 0.2) is 6.23 Å². The Balaban J connectivity index is 1.61. The van der Waals surface area contributed by atoms with Crippen molar-refractivity contribution in [1.82, 2.24) is 9.47 Å². The zero-order chi connectivity index (χ0) is 17.4. The van der Waals surface area contributed by atoms with Gasteiger partial charge in [-0.15, -0.1) is 0 Å². The van der Waals surface area contributed by atoms with Crippen molar-refractivity contribution in [3.8, 4) is 0 Å². The third-order valence-electron chi connectivity index (χ3n) is 5.83. The molecular formula is C21H26N2O2. The van der Waals surface area contributed by atoms with Gasteiger partial charge in [0.2, 0.25) is 5.91 Å². The summed E-state index contributed by atoms with van der Waals surface area (Å²) in [7, 11) is 0. The number of carbonyl (C=O) groups excluding carboxylic acids is 1. The summed E-state index contributed by atoms with van der Waals surface area (Å²) in [6, 6.07) is 14.6. The van der Waals surface area contributed by atoms with E-state index in [9.17, 15) is 4.79 Å². The van der Waals surface area contributed by atoms with Gasteiger partial charge >= 0.3 is 0 Å². The van der Waals surface area contributed by atoms with Gasteiger partial charge in [0.05, 0.1) is 18.3 Å². The van der Waals surface area contributed by atoms with Crippen LogP contribution < -0.4 is 0 Å². The molecule has 1 aromatic carbocycles. The van der Waals surface area contributed by atoms with Gasteiger partial charge in [-0.25, -0.2) is 0 Å². The number of nitrogens with zero attached hydrogens (tertiary/aromatic N) is 2. The normalized spacial score (nSPS) is 26.4. The number of ether oxygens (including phenoxy) is 1. The number of hydrogen-bond acceptors (Lipinski definition) is 2. The monoisotopic (exact) mass is 338 g/mol. The highest BCUT2D eigenvalue weighted by molar-refractivity contribution is 5.82. The largest absolute Gasteiger partial charge is 0.350 e. The van der Waals surface area contributed by atoms with Crippen LogP contribution in [0.4, 0.5) is 0 Å². The Morgan fingerprint density at radius 3 is 2.76 bits per heavy atom. The average molecular weight is 338 g/mol. The van der Waals surface area contributed by atoms with Gasteiger partial charge in [0, 0.05) is 6.20 Å². The Morgan fingerprint density at radius 2 is 2.00 bits per heavy atom. The van der Waals surface area contributed by atoms with Gasteiger partial charge < -0.3 is 14.2 Å². The third-order valence-corrected chi connectivity index (χ3v) is 5.83. The van der Waals surface area contributed by atoms with Crippen LogP contribution in [-0.2, 0) is 16.0 Å². The van der Waals surface area contributed by atoms with Crippen molar-refractivity contribution in [2.75, 3.05) is 6.61 Å². The second-order valence-electron chi connectivity index (χ2n) is 7.26. The second-order valence-corrected chi connectivity index (χ2v) is 7.26. The summed E-state index contributed by atoms with van der Waals surface area (Å²) in [5.74, 6) is 0.665. The minimum absolute atomic E-state index is 0.130. The highest BCUT2D eigenvalue weighted by Gasteiger charge is 2.47. The fourth-order valence-corrected chi connectivity index (χ4v) is 4.14. The Hall–Kier alpha value is -2.07. The summed E-state index contributed by atoms with van der Waals surface area (Å²) in [6.45, 7) is 5.04. The molecule has 0 bridgehead atoms. The molecule has 0 spiro atoms. The van der Waals surface area contributed by atoms with E-state index < -0.39 is 0 Å². The predicted molar refractivity (Wildman–Crippen MR) is 97.0 cm³/mol. The van der Waals surface area contributed by atoms with Crippen molar-refractivity contribution < 1.29 is 9.53 Å². The molecule has 4 atom stereocenters. The first-order chi connectivity index (χ1) is 12.2. The summed E-state index contributed by atoms with van der Waals surface area (Å²) in [4.78, 5) is 15.4. The molecule has 0 N–H and O–H groups in total. The van der Waals surface area contributed by atoms with Crippen LogP contribution in [0.2, 0.25) is 0 Å². The zero-order valence-corrected chi connectivity index (χ0v) is 15.0. The Labute approximate surface area is 149 Å². The van der Waals surface area contributed by atoms with E-state index in [1.54, 1.807) is 0 Å². The first-order valence-electron chi connectivity index (χ1n) is 9.35. The summed E-state index contributed by atoms with van der Waals surface area (Å²) < 4.78 is 8.17. The molecule has 1 fully saturated rings. The van der Waals surface area contributed by atoms with E-state index in [4.69, 9.17) is 4.74 Å². The molecule has 2 aromatic rings. The number of amides is 1. The fraction of sp³-hybridized carbons (Fsp3) is 0.476. The summed E-state index contributed by atoms with van der Waals surface area (Å²) in [5.41, 5.74) is 2.39. The molecule has 1 saturated heterocycles. The first-order valence-corrected chi connectivity index (χ1v) is 9.35. The molecule has 4 heteroatoms. The summed E-state index contributed by atoms with van der Waals surface area (Å²) in [5, 5.41) is 0. The molecule has 4 rings (SSSR count). The number of fused-ring (bicyclic) bond motifs is 3. The van der Waals surface area contributed by atoms with Crippen molar-refractivity contribution in [1.29, 1.82) is 0 Å². The molecule has 4 nitrogen and oxygen atoms in total. The predicted octanol–water partition coefficient (Wildman–Crippen LogP) is 3.95. The van der Waals surface area contributed by atoms with E-state index in [2.05, 4.69) is 48.7 Å². The van der Waals surface area contributed by atoms with Crippen LogP contribution in [0.25, 0.3) is 0 Å². The number of carbonyl (C=O) groups is 1. The second kappa shape index (κ2) is 6.68. The van der Waals surface area contributed by atoms with Gasteiger partial charge in [-0.2, -0.15) is 0 Å². The van der Waals surface area contributed by atoms with Crippen LogP contribution in [0.3, 0.4) is 0 Å². The molecule has 1 aromatic heterocycles. The molecular weight excluding hydrogens is 312 g/mol. The van der Waals surface area contributed by atoms with E-state index in [0.29, 0.717) is 12.5 Å². The van der Waals surface area contributed by atoms with Crippen molar-refractivity contribution in [2.24, 2.45) is 5.92 Å². The lowest BCUT2D eigenvalue weighted by atomic mass is 9.95. The fourth-order valence-electron chi connectivity index (χ4n) is 4.14. The summed E-state index contributed by atoms with van der Waals surface area (Å²) >= 11 is 0. The molecule has 2 aliphatic rings. The van der Waals surface area contributed by atoms with Crippen molar-refractivity contribution in [2.45, 2.75) is 51.4 Å². The first kappa shape index (κ1) is 16.4. The minimum atomic E-state index is -0.213. The van der Waals surface area contributed by atoms with Crippen LogP contribution in [0, 0.1) is 5.92 Å². The molecule has 1 unspecified atom stereocenters. The lowest BCUT2D eigenvalue weighted by molar-refractivity contribution is -0.147. The van der Waals surface area contributed by atoms with Gasteiger partial charge in [-0.05, 0) is 36.5 Å². The molecule has 25 heavy (non-hydrogen) atoms. The third kappa shape index (κ3) is 2.78. The highest BCUT2D eigenvalue weighted by atomic mass is 16.5. The molecule has 0 radical (unpaired) electrons. The van der Waals surface area contributed by atoms with Gasteiger partial charge in [-0.3, -0.25) is 4.79 Å². The number of benzene rings is 1. The van der Waals surface area contributed by atoms with Gasteiger partial charge in [0.1, 0.15) is 6.04 Å². The molecule has 0 saturated carbocycles. The minimum Gasteiger partial charge on any atom is -0.350 e. The van der Waals surface area contributed by atoms with Crippen LogP contribution >= 0.6 is 0 Å². The van der Waals surface area contributed by atoms with Crippen molar-refractivity contribution in [3.63, 3.8) is 0 Å². The lowest BCUT2D eigenvalue weighted by Crippen LogP contribution is -2.49. The zero-order valence-electron chi connectivity index (χ0n) is 15.0. The maximum absolute atomic E-state index is 13.3. The molecule has 3 heterocycles. The van der Waals surface area contributed by atoms with Crippen LogP contribution in [0.5, 0.6) is 0 Å². The standard InChI is InChI=1S/C21H26N2O2/c1-3-15(2)19-14-25-21-18-10-7-13-22(18)17(20(24)23(19)21)12-11-16-8-5-4-6-9-16/h4-10,13,15,17,19,21H,3,11-12,14H2,1-2H3/t15-,17+,19-,21?/m1/s1. The van der Waals surface area contributed by atoms with Crippen LogP contribution in [0.1, 0.15) is 50.2 Å². The maximum atomic E-state index is 13.3. The topological polar surface area (TPSA) is 34.5 Å². The Bertz CT molecular complexity index is 739. The average Bonchev–Trinajstić information content (AvgIpc) is 3.28. The van der Waals surface area contributed by atoms with Crippen LogP contribution in [-0.4, -0.2) is 28.0 Å². The van der Waals surface area contributed by atoms with Crippen molar-refractivity contribution >= 4 is 5.91 Å². The Morgan fingerprint density at radius 1 is 1.20 bits per heavy atom. The maximum Gasteiger partial charge on any atom is 0.248 e. The number of hydrogen-bond donors (Lipinski definition) is 0. The molecule has 132 valence electrons. The number of aromatic nitrogens is 1. The van der Waals surface area contributed by atoms with Gasteiger partial charge in [-0.1, -0.05) is 50.6 Å². The Kier molecular flexibility index (Phi) is 4.38. The van der Waals surface area contributed by atoms with E-state index in [1.165, 1.54) is 5.56 Å². The van der Waals surface area contributed by atoms with E-state index in [0.717, 1.165) is 25.0 Å². The quantitative estimate of drug-likeness (QED) is 0.827. The van der Waals surface area contributed by atoms with Crippen LogP contribution in [0.15, 0.2) is 48.7 Å². The molecule has 1 amide bonds. The van der Waals surface area contributed by atoms with E-state index >= 15 is 0 Å². The molecule has 2 aliphatic heterocycles. The highest BCUT2D eigenvalue weighted by Crippen LogP contribution is 2.42. The summed E-state index contributed by atoms with van der Waals surface area (Å²) in [6.07, 6.45) is 4.60. The number of aryl methyl sites for hydroxylation is 1. The lowest BCUT2D eigenvalue weighted by Gasteiger charge is -2.39. The van der Waals surface area contributed by atoms with Crippen molar-refractivity contribution in [3.05, 3.63) is 59.9 Å².